The van der Waals surface area contributed by atoms with E-state index in [0.29, 0.717) is 5.56 Å². The van der Waals surface area contributed by atoms with Crippen molar-refractivity contribution in [1.29, 1.82) is 0 Å². The Bertz CT molecular complexity index is 290. The van der Waals surface area contributed by atoms with Crippen LogP contribution in [0.25, 0.3) is 0 Å². The molecule has 0 saturated carbocycles. The van der Waals surface area contributed by atoms with Gasteiger partial charge in [-0.25, -0.2) is 0 Å². The quantitative estimate of drug-likeness (QED) is 0.563. The molecule has 0 saturated heterocycles. The topological polar surface area (TPSA) is 43.1 Å². The maximum absolute atomic E-state index is 11.4. The third kappa shape index (κ3) is 0.878. The van der Waals surface area contributed by atoms with Gasteiger partial charge in [0.25, 0.3) is 0 Å². The van der Waals surface area contributed by atoms with Crippen LogP contribution in [0.5, 0.6) is 0 Å². The Morgan fingerprint density at radius 2 is 2.55 bits per heavy atom. The van der Waals surface area contributed by atoms with Crippen molar-refractivity contribution in [3.8, 4) is 0 Å². The number of nitrogens with zero attached hydrogens (tertiary/aromatic N) is 1. The molecule has 1 aliphatic rings. The first-order valence-corrected chi connectivity index (χ1v) is 3.77. The molecule has 0 amide bonds. The Kier molecular flexibility index (Phi) is 1.31. The lowest BCUT2D eigenvalue weighted by Crippen LogP contribution is -2.18. The molecule has 2 rings (SSSR count). The van der Waals surface area contributed by atoms with Gasteiger partial charge in [0.15, 0.2) is 5.78 Å². The molecule has 58 valence electrons. The predicted molar refractivity (Wildman–Crippen MR) is 38.3 cm³/mol. The van der Waals surface area contributed by atoms with Gasteiger partial charge in [0, 0.05) is 12.3 Å². The first-order valence-electron chi connectivity index (χ1n) is 3.77. The standard InChI is InChI=1S/C8H9NO2/c1-5-2-3-7-6(8(5)10)4-9-11-7/h4-5H,2-3H2,1H3. The number of rotatable bonds is 0. The number of fused-ring (bicyclic) bond motifs is 1. The molecule has 1 heterocycles. The summed E-state index contributed by atoms with van der Waals surface area (Å²) in [6.07, 6.45) is 3.26. The molecule has 1 aliphatic carbocycles. The summed E-state index contributed by atoms with van der Waals surface area (Å²) in [5.74, 6) is 1.07. The molecule has 1 atom stereocenters. The first kappa shape index (κ1) is 6.58. The maximum Gasteiger partial charge on any atom is 0.170 e. The van der Waals surface area contributed by atoms with Gasteiger partial charge in [0.05, 0.1) is 11.8 Å². The summed E-state index contributed by atoms with van der Waals surface area (Å²) in [5.41, 5.74) is 0.684. The van der Waals surface area contributed by atoms with Gasteiger partial charge >= 0.3 is 0 Å². The van der Waals surface area contributed by atoms with Crippen molar-refractivity contribution in [2.75, 3.05) is 0 Å². The number of aryl methyl sites for hydroxylation is 1. The van der Waals surface area contributed by atoms with Crippen molar-refractivity contribution in [2.45, 2.75) is 19.8 Å². The van der Waals surface area contributed by atoms with Crippen LogP contribution in [0.15, 0.2) is 10.7 Å². The van der Waals surface area contributed by atoms with Crippen LogP contribution in [0, 0.1) is 5.92 Å². The average molecular weight is 151 g/mol. The normalized spacial score (nSPS) is 23.4. The zero-order valence-electron chi connectivity index (χ0n) is 6.33. The Morgan fingerprint density at radius 1 is 1.73 bits per heavy atom. The molecular formula is C8H9NO2. The fourth-order valence-electron chi connectivity index (χ4n) is 1.39. The van der Waals surface area contributed by atoms with Crippen LogP contribution < -0.4 is 0 Å². The van der Waals surface area contributed by atoms with E-state index in [4.69, 9.17) is 4.52 Å². The van der Waals surface area contributed by atoms with E-state index in [-0.39, 0.29) is 11.7 Å². The highest BCUT2D eigenvalue weighted by Crippen LogP contribution is 2.24. The van der Waals surface area contributed by atoms with E-state index in [9.17, 15) is 4.79 Å². The molecule has 1 aromatic heterocycles. The fourth-order valence-corrected chi connectivity index (χ4v) is 1.39. The lowest BCUT2D eigenvalue weighted by Gasteiger charge is -2.13. The minimum absolute atomic E-state index is 0.141. The lowest BCUT2D eigenvalue weighted by atomic mass is 9.89. The summed E-state index contributed by atoms with van der Waals surface area (Å²) in [7, 11) is 0. The zero-order chi connectivity index (χ0) is 7.84. The number of Topliss-reactive ketones (excluding diaryl/α,β-unsaturated/α-hetero) is 1. The van der Waals surface area contributed by atoms with E-state index < -0.39 is 0 Å². The molecule has 11 heavy (non-hydrogen) atoms. The van der Waals surface area contributed by atoms with Crippen molar-refractivity contribution < 1.29 is 9.32 Å². The van der Waals surface area contributed by atoms with Crippen molar-refractivity contribution in [3.05, 3.63) is 17.5 Å². The summed E-state index contributed by atoms with van der Waals surface area (Å²) >= 11 is 0. The van der Waals surface area contributed by atoms with Crippen LogP contribution in [0.1, 0.15) is 29.5 Å². The third-order valence-electron chi connectivity index (χ3n) is 2.16. The van der Waals surface area contributed by atoms with Crippen LogP contribution >= 0.6 is 0 Å². The van der Waals surface area contributed by atoms with Crippen LogP contribution in [-0.4, -0.2) is 10.9 Å². The average Bonchev–Trinajstić information content (AvgIpc) is 2.45. The number of hydrogen-bond acceptors (Lipinski definition) is 3. The highest BCUT2D eigenvalue weighted by atomic mass is 16.5. The molecule has 0 fully saturated rings. The Balaban J connectivity index is 2.46. The van der Waals surface area contributed by atoms with Gasteiger partial charge in [-0.1, -0.05) is 12.1 Å². The summed E-state index contributed by atoms with van der Waals surface area (Å²) in [6.45, 7) is 1.94. The van der Waals surface area contributed by atoms with Crippen molar-refractivity contribution in [1.82, 2.24) is 5.16 Å². The van der Waals surface area contributed by atoms with Gasteiger partial charge in [0.1, 0.15) is 5.76 Å². The van der Waals surface area contributed by atoms with Crippen molar-refractivity contribution >= 4 is 5.78 Å². The van der Waals surface area contributed by atoms with Crippen LogP contribution in [-0.2, 0) is 6.42 Å². The number of ketones is 1. The van der Waals surface area contributed by atoms with E-state index in [1.165, 1.54) is 6.20 Å². The van der Waals surface area contributed by atoms with Crippen LogP contribution in [0.2, 0.25) is 0 Å². The number of carbonyl (C=O) groups is 1. The van der Waals surface area contributed by atoms with E-state index in [0.717, 1.165) is 18.6 Å². The van der Waals surface area contributed by atoms with E-state index in [1.54, 1.807) is 0 Å². The highest BCUT2D eigenvalue weighted by Gasteiger charge is 2.26. The van der Waals surface area contributed by atoms with Gasteiger partial charge < -0.3 is 4.52 Å². The molecule has 0 N–H and O–H groups in total. The van der Waals surface area contributed by atoms with Gasteiger partial charge in [0.2, 0.25) is 0 Å². The Morgan fingerprint density at radius 3 is 3.36 bits per heavy atom. The summed E-state index contributed by atoms with van der Waals surface area (Å²) in [6, 6.07) is 0. The Hall–Kier alpha value is -1.12. The van der Waals surface area contributed by atoms with Crippen LogP contribution in [0.3, 0.4) is 0 Å². The molecule has 1 unspecified atom stereocenters. The van der Waals surface area contributed by atoms with Gasteiger partial charge in [-0.3, -0.25) is 4.79 Å². The molecule has 3 nitrogen and oxygen atoms in total. The second-order valence-electron chi connectivity index (χ2n) is 2.97. The predicted octanol–water partition coefficient (Wildman–Crippen LogP) is 1.44. The van der Waals surface area contributed by atoms with Gasteiger partial charge in [-0.05, 0) is 6.42 Å². The molecule has 0 aliphatic heterocycles. The second-order valence-corrected chi connectivity index (χ2v) is 2.97. The third-order valence-corrected chi connectivity index (χ3v) is 2.16. The molecule has 0 aromatic carbocycles. The summed E-state index contributed by atoms with van der Waals surface area (Å²) in [5, 5.41) is 3.59. The van der Waals surface area contributed by atoms with Crippen LogP contribution in [0.4, 0.5) is 0 Å². The Labute approximate surface area is 64.4 Å². The molecular weight excluding hydrogens is 142 g/mol. The molecule has 3 heteroatoms. The molecule has 1 aromatic rings. The number of hydrogen-bond donors (Lipinski definition) is 0. The van der Waals surface area contributed by atoms with E-state index >= 15 is 0 Å². The van der Waals surface area contributed by atoms with Gasteiger partial charge in [-0.2, -0.15) is 0 Å². The molecule has 0 radical (unpaired) electrons. The number of aromatic nitrogens is 1. The fraction of sp³-hybridized carbons (Fsp3) is 0.500. The van der Waals surface area contributed by atoms with E-state index in [2.05, 4.69) is 5.16 Å². The minimum atomic E-state index is 0.141. The van der Waals surface area contributed by atoms with E-state index in [1.807, 2.05) is 6.92 Å². The SMILES string of the molecule is CC1CCc2oncc2C1=O. The monoisotopic (exact) mass is 151 g/mol. The largest absolute Gasteiger partial charge is 0.361 e. The maximum atomic E-state index is 11.4. The summed E-state index contributed by atoms with van der Waals surface area (Å²) in [4.78, 5) is 11.4. The van der Waals surface area contributed by atoms with Gasteiger partial charge in [-0.15, -0.1) is 0 Å². The molecule has 0 spiro atoms. The number of carbonyl (C=O) groups excluding carboxylic acids is 1. The van der Waals surface area contributed by atoms with Crippen molar-refractivity contribution in [3.63, 3.8) is 0 Å². The second kappa shape index (κ2) is 2.19. The zero-order valence-corrected chi connectivity index (χ0v) is 6.33. The minimum Gasteiger partial charge on any atom is -0.361 e. The lowest BCUT2D eigenvalue weighted by molar-refractivity contribution is 0.0909. The van der Waals surface area contributed by atoms with Crippen molar-refractivity contribution in [2.24, 2.45) is 5.92 Å². The smallest absolute Gasteiger partial charge is 0.170 e. The highest BCUT2D eigenvalue weighted by molar-refractivity contribution is 5.99. The summed E-state index contributed by atoms with van der Waals surface area (Å²) < 4.78 is 4.90. The molecule has 0 bridgehead atoms. The first-order chi connectivity index (χ1) is 5.29.